The van der Waals surface area contributed by atoms with E-state index in [-0.39, 0.29) is 69.2 Å². The number of phenols is 3. The Labute approximate surface area is 155 Å². The topological polar surface area (TPSA) is 104 Å². The number of phenolic OH excluding ortho intramolecular Hbond substituents is 3. The number of methoxy groups -OCH3 is 1. The highest BCUT2D eigenvalue weighted by Gasteiger charge is 2.49. The molecule has 3 N–H and O–H groups in total. The van der Waals surface area contributed by atoms with Crippen molar-refractivity contribution in [3.8, 4) is 17.2 Å². The molecule has 0 aliphatic heterocycles. The van der Waals surface area contributed by atoms with Crippen molar-refractivity contribution in [1.82, 2.24) is 0 Å². The average molecular weight is 379 g/mol. The molecule has 0 aromatic heterocycles. The first kappa shape index (κ1) is 18.5. The van der Waals surface area contributed by atoms with E-state index in [1.807, 2.05) is 0 Å². The van der Waals surface area contributed by atoms with Crippen LogP contribution in [0.2, 0.25) is 0 Å². The first-order valence-electron chi connectivity index (χ1n) is 8.27. The van der Waals surface area contributed by atoms with E-state index >= 15 is 0 Å². The van der Waals surface area contributed by atoms with Gasteiger partial charge < -0.3 is 20.1 Å². The highest BCUT2D eigenvalue weighted by molar-refractivity contribution is 6.23. The molecule has 2 aromatic carbocycles. The number of carbonyl (C=O) groups excluding carboxylic acids is 2. The predicted molar refractivity (Wildman–Crippen MR) is 96.5 cm³/mol. The Morgan fingerprint density at radius 1 is 0.962 bits per heavy atom. The number of carbonyl (C=O) groups is 2. The molecular weight excluding hydrogens is 360 g/mol. The second-order valence-corrected chi connectivity index (χ2v) is 6.74. The molecule has 7 heteroatoms. The molecule has 6 nitrogen and oxygen atoms in total. The summed E-state index contributed by atoms with van der Waals surface area (Å²) in [5.41, 5.74) is -0.274. The van der Waals surface area contributed by atoms with Gasteiger partial charge in [0, 0.05) is 23.8 Å². The van der Waals surface area contributed by atoms with Gasteiger partial charge >= 0.3 is 0 Å². The molecule has 3 atom stereocenters. The number of Topliss-reactive ketones (excluding diaryl/α,β-unsaturated/α-hetero) is 2. The highest BCUT2D eigenvalue weighted by Crippen LogP contribution is 2.49. The van der Waals surface area contributed by atoms with Gasteiger partial charge in [-0.1, -0.05) is 6.42 Å². The summed E-state index contributed by atoms with van der Waals surface area (Å²) in [7, 11) is 1.51. The summed E-state index contributed by atoms with van der Waals surface area (Å²) in [6.45, 7) is 0. The summed E-state index contributed by atoms with van der Waals surface area (Å²) >= 11 is 0. The van der Waals surface area contributed by atoms with Gasteiger partial charge in [0.2, 0.25) is 0 Å². The molecule has 2 aliphatic carbocycles. The van der Waals surface area contributed by atoms with Crippen molar-refractivity contribution in [3.63, 3.8) is 0 Å². The normalized spacial score (nSPS) is 24.7. The van der Waals surface area contributed by atoms with Crippen molar-refractivity contribution in [3.05, 3.63) is 29.3 Å². The van der Waals surface area contributed by atoms with Crippen molar-refractivity contribution in [2.24, 2.45) is 11.8 Å². The van der Waals surface area contributed by atoms with Crippen LogP contribution in [0.25, 0.3) is 10.8 Å². The minimum absolute atomic E-state index is 0. The molecule has 3 unspecified atom stereocenters. The molecule has 0 amide bonds. The second-order valence-electron chi connectivity index (χ2n) is 6.74. The Morgan fingerprint density at radius 3 is 2.31 bits per heavy atom. The van der Waals surface area contributed by atoms with Gasteiger partial charge in [-0.05, 0) is 31.0 Å². The molecule has 0 bridgehead atoms. The summed E-state index contributed by atoms with van der Waals surface area (Å²) in [6, 6.07) is 4.04. The Hall–Kier alpha value is -2.31. The summed E-state index contributed by atoms with van der Waals surface area (Å²) in [6.07, 6.45) is 1.61. The van der Waals surface area contributed by atoms with Gasteiger partial charge in [-0.2, -0.15) is 0 Å². The van der Waals surface area contributed by atoms with Crippen molar-refractivity contribution in [1.29, 1.82) is 0 Å². The van der Waals surface area contributed by atoms with E-state index in [2.05, 4.69) is 0 Å². The molecule has 2 aliphatic rings. The van der Waals surface area contributed by atoms with Crippen LogP contribution in [-0.2, 0) is 4.74 Å². The number of fused-ring (bicyclic) bond motifs is 3. The minimum Gasteiger partial charge on any atom is -0.508 e. The maximum absolute atomic E-state index is 13.1. The number of halogens is 1. The van der Waals surface area contributed by atoms with E-state index in [1.54, 1.807) is 0 Å². The molecule has 1 fully saturated rings. The Balaban J connectivity index is 0.00000196. The number of hydrogen-bond donors (Lipinski definition) is 3. The van der Waals surface area contributed by atoms with Crippen LogP contribution in [0, 0.1) is 11.8 Å². The molecule has 0 radical (unpaired) electrons. The van der Waals surface area contributed by atoms with Crippen LogP contribution in [-0.4, -0.2) is 40.1 Å². The SMILES string of the molecule is COC1CCCC2C(=O)c3c(c(O)c4ccc(O)cc4c3O)C(=O)C12.Cl. The standard InChI is InChI=1S/C19H18O6.ClH/c1-25-12-4-2-3-10-13(12)19(24)15-14(17(10)22)18(23)11-7-8(20)5-6-9(11)16(15)21;/h5-7,10,12-13,20-21,23H,2-4H2,1H3;1H. The summed E-state index contributed by atoms with van der Waals surface area (Å²) < 4.78 is 5.42. The third-order valence-electron chi connectivity index (χ3n) is 5.51. The smallest absolute Gasteiger partial charge is 0.173 e. The largest absolute Gasteiger partial charge is 0.508 e. The summed E-state index contributed by atoms with van der Waals surface area (Å²) in [4.78, 5) is 26.1. The molecule has 138 valence electrons. The lowest BCUT2D eigenvalue weighted by Gasteiger charge is -2.39. The average Bonchev–Trinajstić information content (AvgIpc) is 2.61. The van der Waals surface area contributed by atoms with Crippen LogP contribution in [0.5, 0.6) is 17.2 Å². The molecule has 4 rings (SSSR count). The third kappa shape index (κ3) is 2.36. The second kappa shape index (κ2) is 6.45. The molecule has 1 saturated carbocycles. The highest BCUT2D eigenvalue weighted by atomic mass is 35.5. The number of rotatable bonds is 1. The lowest BCUT2D eigenvalue weighted by atomic mass is 9.65. The predicted octanol–water partition coefficient (Wildman–Crippen LogP) is 3.19. The van der Waals surface area contributed by atoms with Crippen LogP contribution in [0.15, 0.2) is 18.2 Å². The number of benzene rings is 2. The van der Waals surface area contributed by atoms with Crippen molar-refractivity contribution >= 4 is 34.7 Å². The van der Waals surface area contributed by atoms with E-state index in [9.17, 15) is 24.9 Å². The number of ketones is 2. The Morgan fingerprint density at radius 2 is 1.62 bits per heavy atom. The van der Waals surface area contributed by atoms with Crippen LogP contribution in [0.1, 0.15) is 40.0 Å². The maximum atomic E-state index is 13.1. The monoisotopic (exact) mass is 378 g/mol. The van der Waals surface area contributed by atoms with Gasteiger partial charge in [0.25, 0.3) is 0 Å². The number of ether oxygens (including phenoxy) is 1. The van der Waals surface area contributed by atoms with Gasteiger partial charge in [-0.15, -0.1) is 12.4 Å². The third-order valence-corrected chi connectivity index (χ3v) is 5.51. The zero-order valence-corrected chi connectivity index (χ0v) is 14.9. The number of aromatic hydroxyl groups is 3. The molecule has 2 aromatic rings. The van der Waals surface area contributed by atoms with Crippen LogP contribution < -0.4 is 0 Å². The molecule has 0 heterocycles. The van der Waals surface area contributed by atoms with Gasteiger partial charge in [0.15, 0.2) is 11.6 Å². The molecule has 0 saturated heterocycles. The lowest BCUT2D eigenvalue weighted by Crippen LogP contribution is -2.46. The first-order valence-corrected chi connectivity index (χ1v) is 8.27. The molecular formula is C19H19ClO6. The van der Waals surface area contributed by atoms with E-state index in [4.69, 9.17) is 4.74 Å². The van der Waals surface area contributed by atoms with Crippen LogP contribution >= 0.6 is 12.4 Å². The van der Waals surface area contributed by atoms with Gasteiger partial charge in [0.05, 0.1) is 23.1 Å². The van der Waals surface area contributed by atoms with Crippen LogP contribution in [0.3, 0.4) is 0 Å². The van der Waals surface area contributed by atoms with Gasteiger partial charge in [0.1, 0.15) is 17.2 Å². The van der Waals surface area contributed by atoms with Crippen molar-refractivity contribution in [2.75, 3.05) is 7.11 Å². The first-order chi connectivity index (χ1) is 12.0. The van der Waals surface area contributed by atoms with Gasteiger partial charge in [-0.3, -0.25) is 9.59 Å². The van der Waals surface area contributed by atoms with E-state index in [0.717, 1.165) is 6.42 Å². The molecule has 0 spiro atoms. The zero-order valence-electron chi connectivity index (χ0n) is 14.1. The van der Waals surface area contributed by atoms with E-state index in [1.165, 1.54) is 25.3 Å². The van der Waals surface area contributed by atoms with Crippen molar-refractivity contribution < 1.29 is 29.6 Å². The zero-order chi connectivity index (χ0) is 17.9. The van der Waals surface area contributed by atoms with E-state index < -0.39 is 11.8 Å². The van der Waals surface area contributed by atoms with Crippen LogP contribution in [0.4, 0.5) is 0 Å². The summed E-state index contributed by atoms with van der Waals surface area (Å²) in [5, 5.41) is 31.3. The van der Waals surface area contributed by atoms with Crippen molar-refractivity contribution in [2.45, 2.75) is 25.4 Å². The quantitative estimate of drug-likeness (QED) is 0.658. The Bertz CT molecular complexity index is 922. The fourth-order valence-electron chi connectivity index (χ4n) is 4.34. The van der Waals surface area contributed by atoms with E-state index in [0.29, 0.717) is 12.8 Å². The molecule has 26 heavy (non-hydrogen) atoms. The fourth-order valence-corrected chi connectivity index (χ4v) is 4.34. The fraction of sp³-hybridized carbons (Fsp3) is 0.368. The maximum Gasteiger partial charge on any atom is 0.173 e. The minimum atomic E-state index is -0.640. The van der Waals surface area contributed by atoms with Gasteiger partial charge in [-0.25, -0.2) is 0 Å². The Kier molecular flexibility index (Phi) is 4.58. The lowest BCUT2D eigenvalue weighted by molar-refractivity contribution is 0.00187. The summed E-state index contributed by atoms with van der Waals surface area (Å²) in [5.74, 6) is -2.72. The number of hydrogen-bond acceptors (Lipinski definition) is 6.